The molecule has 158 valence electrons. The highest BCUT2D eigenvalue weighted by Gasteiger charge is 2.38. The van der Waals surface area contributed by atoms with Crippen molar-refractivity contribution in [2.45, 2.75) is 45.3 Å². The van der Waals surface area contributed by atoms with E-state index in [0.717, 1.165) is 17.3 Å². The van der Waals surface area contributed by atoms with Crippen LogP contribution >= 0.6 is 0 Å². The number of aromatic nitrogens is 4. The third-order valence-corrected chi connectivity index (χ3v) is 5.28. The van der Waals surface area contributed by atoms with Gasteiger partial charge in [-0.25, -0.2) is 14.4 Å². The van der Waals surface area contributed by atoms with Crippen LogP contribution in [0.2, 0.25) is 0 Å². The van der Waals surface area contributed by atoms with Crippen molar-refractivity contribution in [3.8, 4) is 11.4 Å². The van der Waals surface area contributed by atoms with Crippen molar-refractivity contribution in [3.05, 3.63) is 64.5 Å². The predicted octanol–water partition coefficient (Wildman–Crippen LogP) is 3.77. The molecule has 2 N–H and O–H groups in total. The summed E-state index contributed by atoms with van der Waals surface area (Å²) in [6.07, 6.45) is -4.36. The minimum absolute atomic E-state index is 0.137. The van der Waals surface area contributed by atoms with Crippen LogP contribution in [0, 0.1) is 12.7 Å². The Morgan fingerprint density at radius 2 is 2.00 bits per heavy atom. The number of alkyl halides is 3. The van der Waals surface area contributed by atoms with Crippen LogP contribution in [0.15, 0.2) is 30.5 Å². The highest BCUT2D eigenvalue weighted by molar-refractivity contribution is 5.60. The van der Waals surface area contributed by atoms with Crippen molar-refractivity contribution in [1.29, 1.82) is 0 Å². The molecule has 0 amide bonds. The van der Waals surface area contributed by atoms with E-state index in [4.69, 9.17) is 0 Å². The zero-order valence-corrected chi connectivity index (χ0v) is 16.2. The molecule has 6 nitrogen and oxygen atoms in total. The predicted molar refractivity (Wildman–Crippen MR) is 99.4 cm³/mol. The molecule has 1 aromatic carbocycles. The van der Waals surface area contributed by atoms with E-state index < -0.39 is 29.3 Å². The molecule has 3 aromatic rings. The molecule has 0 saturated heterocycles. The number of nitrogens with zero attached hydrogens (tertiary/aromatic N) is 4. The Labute approximate surface area is 169 Å². The first-order valence-corrected chi connectivity index (χ1v) is 9.32. The molecule has 10 heteroatoms. The van der Waals surface area contributed by atoms with Gasteiger partial charge >= 0.3 is 6.18 Å². The van der Waals surface area contributed by atoms with Gasteiger partial charge in [0, 0.05) is 29.9 Å². The zero-order chi connectivity index (χ0) is 21.6. The van der Waals surface area contributed by atoms with E-state index in [1.807, 2.05) is 6.92 Å². The van der Waals surface area contributed by atoms with Crippen LogP contribution in [0.3, 0.4) is 0 Å². The normalized spacial score (nSPS) is 18.3. The number of hydrogen-bond acceptors (Lipinski definition) is 5. The number of hydrogen-bond donors (Lipinski definition) is 2. The number of nitrogens with one attached hydrogen (secondary N) is 1. The van der Waals surface area contributed by atoms with Crippen LogP contribution in [0.4, 0.5) is 17.6 Å². The summed E-state index contributed by atoms with van der Waals surface area (Å²) in [4.78, 5) is 10.5. The molecule has 0 saturated carbocycles. The molecule has 0 fully saturated rings. The fourth-order valence-corrected chi connectivity index (χ4v) is 3.83. The summed E-state index contributed by atoms with van der Waals surface area (Å²) in [5.41, 5.74) is 1.11. The molecule has 1 aliphatic heterocycles. The second kappa shape index (κ2) is 7.44. The highest BCUT2D eigenvalue weighted by Crippen LogP contribution is 2.37. The minimum atomic E-state index is -4.84. The summed E-state index contributed by atoms with van der Waals surface area (Å²) in [6, 6.07) is 4.41. The molecule has 2 aromatic heterocycles. The van der Waals surface area contributed by atoms with E-state index in [9.17, 15) is 22.7 Å². The Kier molecular flexibility index (Phi) is 5.07. The molecule has 4 rings (SSSR count). The second-order valence-electron chi connectivity index (χ2n) is 7.32. The van der Waals surface area contributed by atoms with Crippen molar-refractivity contribution in [1.82, 2.24) is 25.1 Å². The molecule has 0 radical (unpaired) electrons. The van der Waals surface area contributed by atoms with Crippen molar-refractivity contribution in [3.63, 3.8) is 0 Å². The first-order valence-electron chi connectivity index (χ1n) is 9.32. The lowest BCUT2D eigenvalue weighted by molar-refractivity contribution is -0.140. The van der Waals surface area contributed by atoms with E-state index in [0.29, 0.717) is 29.7 Å². The molecule has 1 aliphatic rings. The van der Waals surface area contributed by atoms with Gasteiger partial charge in [0.15, 0.2) is 0 Å². The maximum Gasteiger partial charge on any atom is 0.419 e. The molecular formula is C20H19F4N5O. The first kappa shape index (κ1) is 20.4. The molecule has 0 spiro atoms. The Bertz CT molecular complexity index is 1070. The van der Waals surface area contributed by atoms with Crippen molar-refractivity contribution in [2.24, 2.45) is 0 Å². The molecule has 2 atom stereocenters. The number of H-pyrrole nitrogens is 1. The smallest absolute Gasteiger partial charge is 0.374 e. The number of benzene rings is 1. The summed E-state index contributed by atoms with van der Waals surface area (Å²) < 4.78 is 53.8. The standard InChI is InChI=1S/C20H19F4N5O/c1-10-8-13-16(26-11(2)27-18(13)15-6-7-25-28-15)9-29(10)19(30)12-4-3-5-14(17(12)21)20(22,23)24/h3-7,10,19,30H,8-9H2,1-2H3,(H,25,28). The lowest BCUT2D eigenvalue weighted by atomic mass is 9.94. The molecule has 0 aliphatic carbocycles. The topological polar surface area (TPSA) is 77.9 Å². The third-order valence-electron chi connectivity index (χ3n) is 5.28. The summed E-state index contributed by atoms with van der Waals surface area (Å²) >= 11 is 0. The largest absolute Gasteiger partial charge is 0.419 e. The van der Waals surface area contributed by atoms with E-state index in [-0.39, 0.29) is 12.6 Å². The molecule has 0 bridgehead atoms. The quantitative estimate of drug-likeness (QED) is 0.630. The lowest BCUT2D eigenvalue weighted by Crippen LogP contribution is -2.42. The number of fused-ring (bicyclic) bond motifs is 1. The number of halogens is 4. The molecule has 2 unspecified atom stereocenters. The number of aliphatic hydroxyl groups is 1. The average molecular weight is 421 g/mol. The number of aliphatic hydroxyl groups excluding tert-OH is 1. The van der Waals surface area contributed by atoms with Gasteiger partial charge in [0.25, 0.3) is 0 Å². The Balaban J connectivity index is 1.71. The summed E-state index contributed by atoms with van der Waals surface area (Å²) in [5.74, 6) is -0.958. The number of aromatic amines is 1. The monoisotopic (exact) mass is 421 g/mol. The fourth-order valence-electron chi connectivity index (χ4n) is 3.83. The van der Waals surface area contributed by atoms with Gasteiger partial charge in [-0.15, -0.1) is 0 Å². The Morgan fingerprint density at radius 3 is 2.67 bits per heavy atom. The van der Waals surface area contributed by atoms with Crippen LogP contribution in [0.25, 0.3) is 11.4 Å². The van der Waals surface area contributed by atoms with Gasteiger partial charge < -0.3 is 5.11 Å². The van der Waals surface area contributed by atoms with Crippen LogP contribution in [0.5, 0.6) is 0 Å². The maximum atomic E-state index is 14.6. The van der Waals surface area contributed by atoms with Crippen LogP contribution < -0.4 is 0 Å². The number of rotatable bonds is 3. The van der Waals surface area contributed by atoms with Crippen molar-refractivity contribution < 1.29 is 22.7 Å². The number of aryl methyl sites for hydroxylation is 1. The van der Waals surface area contributed by atoms with Gasteiger partial charge in [-0.2, -0.15) is 18.3 Å². The van der Waals surface area contributed by atoms with E-state index in [1.54, 1.807) is 19.2 Å². The maximum absolute atomic E-state index is 14.6. The first-order chi connectivity index (χ1) is 14.2. The van der Waals surface area contributed by atoms with Gasteiger partial charge in [-0.05, 0) is 32.4 Å². The van der Waals surface area contributed by atoms with Gasteiger partial charge in [0.1, 0.15) is 17.9 Å². The minimum Gasteiger partial charge on any atom is -0.374 e. The summed E-state index contributed by atoms with van der Waals surface area (Å²) in [6.45, 7) is 3.68. The van der Waals surface area contributed by atoms with Crippen LogP contribution in [-0.2, 0) is 19.1 Å². The van der Waals surface area contributed by atoms with Crippen molar-refractivity contribution >= 4 is 0 Å². The van der Waals surface area contributed by atoms with E-state index >= 15 is 0 Å². The van der Waals surface area contributed by atoms with Crippen molar-refractivity contribution in [2.75, 3.05) is 0 Å². The van der Waals surface area contributed by atoms with Gasteiger partial charge in [-0.3, -0.25) is 10.00 Å². The molecular weight excluding hydrogens is 402 g/mol. The van der Waals surface area contributed by atoms with E-state index in [2.05, 4.69) is 20.2 Å². The lowest BCUT2D eigenvalue weighted by Gasteiger charge is -2.38. The summed E-state index contributed by atoms with van der Waals surface area (Å²) in [7, 11) is 0. The van der Waals surface area contributed by atoms with Gasteiger partial charge in [0.05, 0.1) is 22.6 Å². The van der Waals surface area contributed by atoms with Gasteiger partial charge in [0.2, 0.25) is 0 Å². The second-order valence-corrected chi connectivity index (χ2v) is 7.32. The summed E-state index contributed by atoms with van der Waals surface area (Å²) in [5, 5.41) is 17.6. The third kappa shape index (κ3) is 3.56. The molecule has 30 heavy (non-hydrogen) atoms. The van der Waals surface area contributed by atoms with Gasteiger partial charge in [-0.1, -0.05) is 12.1 Å². The van der Waals surface area contributed by atoms with E-state index in [1.165, 1.54) is 11.0 Å². The highest BCUT2D eigenvalue weighted by atomic mass is 19.4. The Hall–Kier alpha value is -2.85. The molecule has 3 heterocycles. The average Bonchev–Trinajstić information content (AvgIpc) is 3.20. The van der Waals surface area contributed by atoms with Crippen LogP contribution in [-0.4, -0.2) is 36.2 Å². The Morgan fingerprint density at radius 1 is 1.23 bits per heavy atom. The fraction of sp³-hybridized carbons (Fsp3) is 0.350. The SMILES string of the molecule is Cc1nc2c(c(-c3ccn[nH]3)n1)CC(C)N(C(O)c1cccc(C(F)(F)F)c1F)C2. The zero-order valence-electron chi connectivity index (χ0n) is 16.2. The van der Waals surface area contributed by atoms with Crippen LogP contribution in [0.1, 0.15) is 41.4 Å².